The van der Waals surface area contributed by atoms with E-state index in [1.807, 2.05) is 42.5 Å². The van der Waals surface area contributed by atoms with E-state index in [2.05, 4.69) is 9.80 Å². The van der Waals surface area contributed by atoms with Crippen LogP contribution in [0.5, 0.6) is 0 Å². The molecule has 1 saturated heterocycles. The number of rotatable bonds is 6. The summed E-state index contributed by atoms with van der Waals surface area (Å²) < 4.78 is 14.9. The van der Waals surface area contributed by atoms with Crippen LogP contribution in [0, 0.1) is 5.82 Å². The topological polar surface area (TPSA) is 41.4 Å². The van der Waals surface area contributed by atoms with Crippen molar-refractivity contribution in [2.45, 2.75) is 38.5 Å². The number of carbonyl (C=O) groups excluding carboxylic acids is 1. The van der Waals surface area contributed by atoms with Crippen LogP contribution in [0.15, 0.2) is 54.6 Å². The summed E-state index contributed by atoms with van der Waals surface area (Å²) in [6, 6.07) is 16.3. The first-order chi connectivity index (χ1) is 16.2. The molecule has 0 amide bonds. The Hall–Kier alpha value is -2.99. The standard InChI is InChI=1S/C27H31FN4O/c28-22-12-14-23(15-13-22)31-19-17-30(18-20-31)16-6-10-25-24-9-4-5-11-26(24)32(29-25)27(33)21-7-2-1-3-8-21/h1-3,7-8,12-15H,4-6,9-11,16-20H2. The van der Waals surface area contributed by atoms with Crippen molar-refractivity contribution in [1.82, 2.24) is 14.7 Å². The first-order valence-electron chi connectivity index (χ1n) is 12.1. The van der Waals surface area contributed by atoms with Gasteiger partial charge in [-0.2, -0.15) is 5.10 Å². The first-order valence-corrected chi connectivity index (χ1v) is 12.1. The number of fused-ring (bicyclic) bond motifs is 1. The summed E-state index contributed by atoms with van der Waals surface area (Å²) in [6.45, 7) is 4.97. The van der Waals surface area contributed by atoms with Crippen LogP contribution in [0.3, 0.4) is 0 Å². The number of carbonyl (C=O) groups is 1. The van der Waals surface area contributed by atoms with Crippen molar-refractivity contribution in [1.29, 1.82) is 0 Å². The minimum atomic E-state index is -0.188. The van der Waals surface area contributed by atoms with Crippen LogP contribution in [0.25, 0.3) is 0 Å². The molecule has 3 aromatic rings. The van der Waals surface area contributed by atoms with Crippen molar-refractivity contribution >= 4 is 11.6 Å². The lowest BCUT2D eigenvalue weighted by Gasteiger charge is -2.36. The molecule has 5 rings (SSSR count). The van der Waals surface area contributed by atoms with Crippen molar-refractivity contribution in [3.05, 3.63) is 82.9 Å². The Bertz CT molecular complexity index is 1090. The van der Waals surface area contributed by atoms with Crippen molar-refractivity contribution in [2.75, 3.05) is 37.6 Å². The van der Waals surface area contributed by atoms with Crippen LogP contribution < -0.4 is 4.90 Å². The van der Waals surface area contributed by atoms with Gasteiger partial charge in [-0.1, -0.05) is 18.2 Å². The van der Waals surface area contributed by atoms with E-state index in [0.29, 0.717) is 5.56 Å². The molecular weight excluding hydrogens is 415 g/mol. The maximum Gasteiger partial charge on any atom is 0.278 e. The van der Waals surface area contributed by atoms with E-state index >= 15 is 0 Å². The number of anilines is 1. The minimum Gasteiger partial charge on any atom is -0.369 e. The van der Waals surface area contributed by atoms with Gasteiger partial charge >= 0.3 is 0 Å². The molecule has 1 fully saturated rings. The molecular formula is C27H31FN4O. The normalized spacial score (nSPS) is 16.6. The molecule has 0 radical (unpaired) electrons. The quantitative estimate of drug-likeness (QED) is 0.565. The van der Waals surface area contributed by atoms with E-state index in [0.717, 1.165) is 81.9 Å². The Morgan fingerprint density at radius 2 is 1.64 bits per heavy atom. The van der Waals surface area contributed by atoms with Crippen molar-refractivity contribution in [3.8, 4) is 0 Å². The maximum absolute atomic E-state index is 13.2. The summed E-state index contributed by atoms with van der Waals surface area (Å²) in [6.07, 6.45) is 6.22. The predicted molar refractivity (Wildman–Crippen MR) is 128 cm³/mol. The summed E-state index contributed by atoms with van der Waals surface area (Å²) in [4.78, 5) is 17.9. The number of aromatic nitrogens is 2. The average molecular weight is 447 g/mol. The molecule has 172 valence electrons. The van der Waals surface area contributed by atoms with Crippen molar-refractivity contribution in [3.63, 3.8) is 0 Å². The van der Waals surface area contributed by atoms with Gasteiger partial charge in [0.25, 0.3) is 5.91 Å². The van der Waals surface area contributed by atoms with E-state index in [4.69, 9.17) is 5.10 Å². The van der Waals surface area contributed by atoms with Crippen LogP contribution in [-0.2, 0) is 19.3 Å². The highest BCUT2D eigenvalue weighted by molar-refractivity contribution is 5.95. The van der Waals surface area contributed by atoms with Gasteiger partial charge < -0.3 is 4.90 Å². The van der Waals surface area contributed by atoms with E-state index in [1.54, 1.807) is 4.68 Å². The van der Waals surface area contributed by atoms with Gasteiger partial charge in [0.1, 0.15) is 5.82 Å². The van der Waals surface area contributed by atoms with Gasteiger partial charge in [-0.15, -0.1) is 0 Å². The molecule has 0 saturated carbocycles. The van der Waals surface area contributed by atoms with Crippen LogP contribution in [-0.4, -0.2) is 53.3 Å². The lowest BCUT2D eigenvalue weighted by atomic mass is 9.94. The van der Waals surface area contributed by atoms with Crippen molar-refractivity contribution < 1.29 is 9.18 Å². The molecule has 2 aromatic carbocycles. The van der Waals surface area contributed by atoms with E-state index in [1.165, 1.54) is 24.1 Å². The fraction of sp³-hybridized carbons (Fsp3) is 0.407. The first kappa shape index (κ1) is 21.8. The molecule has 1 aliphatic carbocycles. The zero-order valence-corrected chi connectivity index (χ0v) is 19.0. The maximum atomic E-state index is 13.2. The van der Waals surface area contributed by atoms with Gasteiger partial charge in [0.05, 0.1) is 11.4 Å². The van der Waals surface area contributed by atoms with Gasteiger partial charge in [-0.05, 0) is 87.0 Å². The minimum absolute atomic E-state index is 0.0167. The van der Waals surface area contributed by atoms with Crippen LogP contribution in [0.2, 0.25) is 0 Å². The Morgan fingerprint density at radius 3 is 2.39 bits per heavy atom. The molecule has 0 bridgehead atoms. The highest BCUT2D eigenvalue weighted by atomic mass is 19.1. The van der Waals surface area contributed by atoms with Crippen LogP contribution in [0.1, 0.15) is 46.6 Å². The summed E-state index contributed by atoms with van der Waals surface area (Å²) in [5, 5.41) is 4.82. The molecule has 5 nitrogen and oxygen atoms in total. The number of hydrogen-bond donors (Lipinski definition) is 0. The summed E-state index contributed by atoms with van der Waals surface area (Å²) in [5.41, 5.74) is 5.33. The second-order valence-electron chi connectivity index (χ2n) is 9.07. The van der Waals surface area contributed by atoms with Gasteiger partial charge in [0, 0.05) is 37.4 Å². The number of nitrogens with zero attached hydrogens (tertiary/aromatic N) is 4. The van der Waals surface area contributed by atoms with Gasteiger partial charge in [0.2, 0.25) is 0 Å². The number of benzene rings is 2. The zero-order valence-electron chi connectivity index (χ0n) is 19.0. The van der Waals surface area contributed by atoms with Crippen molar-refractivity contribution in [2.24, 2.45) is 0 Å². The van der Waals surface area contributed by atoms with E-state index < -0.39 is 0 Å². The highest BCUT2D eigenvalue weighted by Crippen LogP contribution is 2.26. The fourth-order valence-electron chi connectivity index (χ4n) is 5.10. The molecule has 0 unspecified atom stereocenters. The molecule has 0 spiro atoms. The average Bonchev–Trinajstić information content (AvgIpc) is 3.24. The smallest absolute Gasteiger partial charge is 0.278 e. The molecule has 1 aromatic heterocycles. The predicted octanol–water partition coefficient (Wildman–Crippen LogP) is 4.34. The molecule has 2 heterocycles. The number of halogens is 1. The Balaban J connectivity index is 1.19. The summed E-state index contributed by atoms with van der Waals surface area (Å²) in [5.74, 6) is -0.204. The SMILES string of the molecule is O=C(c1ccccc1)n1nc(CCCN2CCN(c3ccc(F)cc3)CC2)c2c1CCCC2. The Morgan fingerprint density at radius 1 is 0.909 bits per heavy atom. The second-order valence-corrected chi connectivity index (χ2v) is 9.07. The Labute approximate surface area is 194 Å². The third-order valence-electron chi connectivity index (χ3n) is 6.93. The van der Waals surface area contributed by atoms with Gasteiger partial charge in [0.15, 0.2) is 0 Å². The molecule has 2 aliphatic rings. The molecule has 0 N–H and O–H groups in total. The number of hydrogen-bond acceptors (Lipinski definition) is 4. The highest BCUT2D eigenvalue weighted by Gasteiger charge is 2.24. The molecule has 33 heavy (non-hydrogen) atoms. The largest absolute Gasteiger partial charge is 0.369 e. The lowest BCUT2D eigenvalue weighted by molar-refractivity contribution is 0.0940. The van der Waals surface area contributed by atoms with Gasteiger partial charge in [-0.25, -0.2) is 9.07 Å². The van der Waals surface area contributed by atoms with E-state index in [-0.39, 0.29) is 11.7 Å². The van der Waals surface area contributed by atoms with Crippen LogP contribution in [0.4, 0.5) is 10.1 Å². The third kappa shape index (κ3) is 4.86. The summed E-state index contributed by atoms with van der Waals surface area (Å²) in [7, 11) is 0. The molecule has 1 aliphatic heterocycles. The second kappa shape index (κ2) is 9.87. The van der Waals surface area contributed by atoms with Gasteiger partial charge in [-0.3, -0.25) is 9.69 Å². The third-order valence-corrected chi connectivity index (χ3v) is 6.93. The monoisotopic (exact) mass is 446 g/mol. The summed E-state index contributed by atoms with van der Waals surface area (Å²) >= 11 is 0. The molecule has 0 atom stereocenters. The number of piperazine rings is 1. The zero-order chi connectivity index (χ0) is 22.6. The fourth-order valence-corrected chi connectivity index (χ4v) is 5.10. The lowest BCUT2D eigenvalue weighted by Crippen LogP contribution is -2.46. The Kier molecular flexibility index (Phi) is 6.53. The van der Waals surface area contributed by atoms with E-state index in [9.17, 15) is 9.18 Å². The molecule has 6 heteroatoms. The number of aryl methyl sites for hydroxylation is 1. The van der Waals surface area contributed by atoms with Crippen LogP contribution >= 0.6 is 0 Å².